The van der Waals surface area contributed by atoms with Crippen LogP contribution in [0.4, 0.5) is 0 Å². The molecular weight excluding hydrogens is 332 g/mol. The standard InChI is InChI=1S/C20H24N2O2S/c1-2-3-4-5-6-7-8-11-16-17(13-15-10-9-12-25-15)19(23)22-20(24)18(16)14-21/h9-10,12-13H,2-8,11H2,1H3,(H,22,23,24)/b17-13-. The largest absolute Gasteiger partial charge is 0.288 e. The summed E-state index contributed by atoms with van der Waals surface area (Å²) in [5, 5.41) is 13.6. The first-order valence-corrected chi connectivity index (χ1v) is 9.79. The molecule has 0 bridgehead atoms. The highest BCUT2D eigenvalue weighted by atomic mass is 32.1. The molecule has 0 saturated carbocycles. The summed E-state index contributed by atoms with van der Waals surface area (Å²) in [6.45, 7) is 2.20. The molecule has 132 valence electrons. The van der Waals surface area contributed by atoms with Gasteiger partial charge in [-0.15, -0.1) is 11.3 Å². The van der Waals surface area contributed by atoms with Crippen molar-refractivity contribution in [2.45, 2.75) is 58.3 Å². The molecule has 0 aromatic carbocycles. The molecule has 4 nitrogen and oxygen atoms in total. The summed E-state index contributed by atoms with van der Waals surface area (Å²) >= 11 is 1.52. The summed E-state index contributed by atoms with van der Waals surface area (Å²) in [5.74, 6) is -0.982. The molecule has 0 spiro atoms. The normalized spacial score (nSPS) is 16.2. The summed E-state index contributed by atoms with van der Waals surface area (Å²) in [5.41, 5.74) is 1.12. The Balaban J connectivity index is 2.09. The highest BCUT2D eigenvalue weighted by Gasteiger charge is 2.29. The number of thiophene rings is 1. The minimum Gasteiger partial charge on any atom is -0.288 e. The Hall–Kier alpha value is -2.19. The number of nitrogens with zero attached hydrogens (tertiary/aromatic N) is 1. The van der Waals surface area contributed by atoms with Crippen LogP contribution in [-0.4, -0.2) is 11.8 Å². The van der Waals surface area contributed by atoms with Crippen molar-refractivity contribution < 1.29 is 9.59 Å². The maximum Gasteiger partial charge on any atom is 0.269 e. The van der Waals surface area contributed by atoms with Crippen molar-refractivity contribution in [3.63, 3.8) is 0 Å². The van der Waals surface area contributed by atoms with Gasteiger partial charge in [-0.05, 0) is 35.9 Å². The fourth-order valence-corrected chi connectivity index (χ4v) is 3.60. The van der Waals surface area contributed by atoms with Crippen LogP contribution in [0.1, 0.15) is 63.2 Å². The zero-order valence-electron chi connectivity index (χ0n) is 14.6. The third-order valence-electron chi connectivity index (χ3n) is 4.30. The minimum absolute atomic E-state index is 0.0772. The first-order chi connectivity index (χ1) is 12.2. The van der Waals surface area contributed by atoms with Crippen LogP contribution in [0.25, 0.3) is 6.08 Å². The van der Waals surface area contributed by atoms with Gasteiger partial charge in [0, 0.05) is 10.5 Å². The molecule has 1 aromatic heterocycles. The van der Waals surface area contributed by atoms with Gasteiger partial charge in [-0.2, -0.15) is 5.26 Å². The molecule has 1 aromatic rings. The second-order valence-corrected chi connectivity index (χ2v) is 7.17. The molecular formula is C20H24N2O2S. The monoisotopic (exact) mass is 356 g/mol. The Morgan fingerprint density at radius 1 is 1.12 bits per heavy atom. The lowest BCUT2D eigenvalue weighted by Crippen LogP contribution is -2.38. The van der Waals surface area contributed by atoms with Crippen molar-refractivity contribution in [3.05, 3.63) is 39.1 Å². The number of hydrogen-bond acceptors (Lipinski definition) is 4. The van der Waals surface area contributed by atoms with Crippen LogP contribution < -0.4 is 5.32 Å². The Kier molecular flexibility index (Phi) is 7.62. The van der Waals surface area contributed by atoms with Crippen LogP contribution in [0.5, 0.6) is 0 Å². The van der Waals surface area contributed by atoms with Gasteiger partial charge in [0.15, 0.2) is 0 Å². The van der Waals surface area contributed by atoms with Crippen molar-refractivity contribution >= 4 is 29.2 Å². The summed E-state index contributed by atoms with van der Waals surface area (Å²) in [7, 11) is 0. The van der Waals surface area contributed by atoms with Crippen LogP contribution in [0.15, 0.2) is 34.2 Å². The first kappa shape index (κ1) is 19.1. The van der Waals surface area contributed by atoms with E-state index in [-0.39, 0.29) is 5.57 Å². The van der Waals surface area contributed by atoms with E-state index in [1.54, 1.807) is 6.08 Å². The van der Waals surface area contributed by atoms with Crippen LogP contribution in [-0.2, 0) is 9.59 Å². The first-order valence-electron chi connectivity index (χ1n) is 8.92. The van der Waals surface area contributed by atoms with E-state index in [2.05, 4.69) is 12.2 Å². The maximum absolute atomic E-state index is 12.3. The molecule has 0 aliphatic carbocycles. The van der Waals surface area contributed by atoms with Crippen LogP contribution in [0, 0.1) is 11.3 Å². The summed E-state index contributed by atoms with van der Waals surface area (Å²) in [4.78, 5) is 25.2. The zero-order chi connectivity index (χ0) is 18.1. The molecule has 1 N–H and O–H groups in total. The van der Waals surface area contributed by atoms with E-state index in [0.717, 1.165) is 24.1 Å². The molecule has 0 fully saturated rings. The predicted molar refractivity (Wildman–Crippen MR) is 101 cm³/mol. The van der Waals surface area contributed by atoms with Gasteiger partial charge in [0.1, 0.15) is 11.6 Å². The topological polar surface area (TPSA) is 70.0 Å². The SMILES string of the molecule is CCCCCCCCCC1=C(C#N)C(=O)NC(=O)/C1=C\c1cccs1. The fourth-order valence-electron chi connectivity index (χ4n) is 2.95. The predicted octanol–water partition coefficient (Wildman–Crippen LogP) is 4.75. The van der Waals surface area contributed by atoms with Gasteiger partial charge >= 0.3 is 0 Å². The van der Waals surface area contributed by atoms with Crippen molar-refractivity contribution in [1.82, 2.24) is 5.32 Å². The number of carbonyl (C=O) groups is 2. The number of carbonyl (C=O) groups excluding carboxylic acids is 2. The second-order valence-electron chi connectivity index (χ2n) is 6.19. The van der Waals surface area contributed by atoms with Crippen molar-refractivity contribution in [2.75, 3.05) is 0 Å². The van der Waals surface area contributed by atoms with E-state index < -0.39 is 11.8 Å². The number of hydrogen-bond donors (Lipinski definition) is 1. The van der Waals surface area contributed by atoms with Gasteiger partial charge in [-0.3, -0.25) is 14.9 Å². The van der Waals surface area contributed by atoms with Crippen LogP contribution in [0.3, 0.4) is 0 Å². The average Bonchev–Trinajstić information content (AvgIpc) is 3.10. The third-order valence-corrected chi connectivity index (χ3v) is 5.12. The molecule has 1 aliphatic heterocycles. The molecule has 0 unspecified atom stereocenters. The molecule has 0 atom stereocenters. The lowest BCUT2D eigenvalue weighted by Gasteiger charge is -2.19. The molecule has 25 heavy (non-hydrogen) atoms. The number of unbranched alkanes of at least 4 members (excludes halogenated alkanes) is 6. The minimum atomic E-state index is -0.575. The number of nitrogens with one attached hydrogen (secondary N) is 1. The van der Waals surface area contributed by atoms with E-state index in [0.29, 0.717) is 17.6 Å². The molecule has 2 rings (SSSR count). The van der Waals surface area contributed by atoms with Crippen molar-refractivity contribution in [1.29, 1.82) is 5.26 Å². The average molecular weight is 356 g/mol. The number of rotatable bonds is 9. The number of nitriles is 1. The second kappa shape index (κ2) is 9.95. The van der Waals surface area contributed by atoms with Gasteiger partial charge in [-0.25, -0.2) is 0 Å². The third kappa shape index (κ3) is 5.40. The van der Waals surface area contributed by atoms with Gasteiger partial charge in [0.25, 0.3) is 11.8 Å². The Labute approximate surface area is 153 Å². The maximum atomic E-state index is 12.3. The van der Waals surface area contributed by atoms with E-state index in [4.69, 9.17) is 0 Å². The van der Waals surface area contributed by atoms with Gasteiger partial charge in [-0.1, -0.05) is 51.5 Å². The van der Waals surface area contributed by atoms with E-state index >= 15 is 0 Å². The van der Waals surface area contributed by atoms with Crippen molar-refractivity contribution in [2.24, 2.45) is 0 Å². The van der Waals surface area contributed by atoms with E-state index in [1.807, 2.05) is 23.6 Å². The van der Waals surface area contributed by atoms with Crippen molar-refractivity contribution in [3.8, 4) is 6.07 Å². The zero-order valence-corrected chi connectivity index (χ0v) is 15.5. The summed E-state index contributed by atoms with van der Waals surface area (Å²) in [6, 6.07) is 5.81. The summed E-state index contributed by atoms with van der Waals surface area (Å²) < 4.78 is 0. The summed E-state index contributed by atoms with van der Waals surface area (Å²) in [6.07, 6.45) is 10.4. The van der Waals surface area contributed by atoms with Gasteiger partial charge in [0.2, 0.25) is 0 Å². The molecule has 0 saturated heterocycles. The Bertz CT molecular complexity index is 709. The molecule has 2 amide bonds. The van der Waals surface area contributed by atoms with Crippen LogP contribution in [0.2, 0.25) is 0 Å². The molecule has 1 aliphatic rings. The highest BCUT2D eigenvalue weighted by Crippen LogP contribution is 2.28. The van der Waals surface area contributed by atoms with Gasteiger partial charge < -0.3 is 0 Å². The molecule has 0 radical (unpaired) electrons. The Morgan fingerprint density at radius 2 is 1.84 bits per heavy atom. The lowest BCUT2D eigenvalue weighted by molar-refractivity contribution is -0.126. The quantitative estimate of drug-likeness (QED) is 0.394. The van der Waals surface area contributed by atoms with Gasteiger partial charge in [0.05, 0.1) is 0 Å². The fraction of sp³-hybridized carbons (Fsp3) is 0.450. The number of amides is 2. The highest BCUT2D eigenvalue weighted by molar-refractivity contribution is 7.10. The number of imide groups is 1. The lowest BCUT2D eigenvalue weighted by atomic mass is 9.90. The van der Waals surface area contributed by atoms with E-state index in [1.165, 1.54) is 37.0 Å². The Morgan fingerprint density at radius 3 is 2.48 bits per heavy atom. The molecule has 5 heteroatoms. The van der Waals surface area contributed by atoms with Crippen LogP contribution >= 0.6 is 11.3 Å². The smallest absolute Gasteiger partial charge is 0.269 e. The molecule has 2 heterocycles. The van der Waals surface area contributed by atoms with E-state index in [9.17, 15) is 14.9 Å².